The maximum atomic E-state index is 12.8. The lowest BCUT2D eigenvalue weighted by atomic mass is 9.94. The fraction of sp³-hybridized carbons (Fsp3) is 0.538. The number of nitrogens with two attached hydrogens (primary N) is 1. The molecule has 0 spiro atoms. The topological polar surface area (TPSA) is 26.0 Å². The molecular formula is C13H20FN. The molecule has 15 heavy (non-hydrogen) atoms. The third-order valence-corrected chi connectivity index (χ3v) is 2.17. The summed E-state index contributed by atoms with van der Waals surface area (Å²) in [4.78, 5) is 0. The van der Waals surface area contributed by atoms with Gasteiger partial charge in [-0.15, -0.1) is 0 Å². The number of hydrogen-bond donors (Lipinski definition) is 1. The summed E-state index contributed by atoms with van der Waals surface area (Å²) in [7, 11) is 0. The third kappa shape index (κ3) is 4.93. The van der Waals surface area contributed by atoms with Crippen molar-refractivity contribution in [3.8, 4) is 0 Å². The van der Waals surface area contributed by atoms with Crippen LogP contribution in [0.25, 0.3) is 0 Å². The minimum absolute atomic E-state index is 0.208. The monoisotopic (exact) mass is 209 g/mol. The SMILES string of the molecule is CC(F)Cc1cccc(CC(C)(C)N)c1. The second-order valence-corrected chi connectivity index (χ2v) is 4.97. The van der Waals surface area contributed by atoms with Crippen LogP contribution < -0.4 is 5.73 Å². The van der Waals surface area contributed by atoms with Crippen LogP contribution in [0.15, 0.2) is 24.3 Å². The number of halogens is 1. The van der Waals surface area contributed by atoms with Crippen molar-refractivity contribution in [1.82, 2.24) is 0 Å². The van der Waals surface area contributed by atoms with E-state index in [0.29, 0.717) is 6.42 Å². The normalized spacial score (nSPS) is 13.9. The lowest BCUT2D eigenvalue weighted by molar-refractivity contribution is 0.360. The molecule has 0 radical (unpaired) electrons. The standard InChI is InChI=1S/C13H20FN/c1-10(14)7-11-5-4-6-12(8-11)9-13(2,3)15/h4-6,8,10H,7,9,15H2,1-3H3. The van der Waals surface area contributed by atoms with Crippen molar-refractivity contribution < 1.29 is 4.39 Å². The summed E-state index contributed by atoms with van der Waals surface area (Å²) in [5.74, 6) is 0. The second kappa shape index (κ2) is 4.75. The Hall–Kier alpha value is -0.890. The summed E-state index contributed by atoms with van der Waals surface area (Å²) in [6.45, 7) is 5.58. The Balaban J connectivity index is 2.74. The molecule has 1 aromatic rings. The summed E-state index contributed by atoms with van der Waals surface area (Å²) < 4.78 is 12.8. The Labute approximate surface area is 91.5 Å². The van der Waals surface area contributed by atoms with E-state index in [0.717, 1.165) is 12.0 Å². The van der Waals surface area contributed by atoms with E-state index < -0.39 is 6.17 Å². The lowest BCUT2D eigenvalue weighted by Crippen LogP contribution is -2.34. The molecule has 2 N–H and O–H groups in total. The number of benzene rings is 1. The van der Waals surface area contributed by atoms with Crippen molar-refractivity contribution in [1.29, 1.82) is 0 Å². The molecule has 1 unspecified atom stereocenters. The predicted molar refractivity (Wildman–Crippen MR) is 62.7 cm³/mol. The number of rotatable bonds is 4. The molecule has 0 aromatic heterocycles. The fourth-order valence-electron chi connectivity index (χ4n) is 1.72. The Morgan fingerprint density at radius 3 is 2.47 bits per heavy atom. The Bertz CT molecular complexity index is 313. The molecule has 1 nitrogen and oxygen atoms in total. The van der Waals surface area contributed by atoms with Crippen LogP contribution in [0.1, 0.15) is 31.9 Å². The summed E-state index contributed by atoms with van der Waals surface area (Å²) in [6.07, 6.45) is 0.520. The van der Waals surface area contributed by atoms with Crippen molar-refractivity contribution in [2.45, 2.75) is 45.3 Å². The fourth-order valence-corrected chi connectivity index (χ4v) is 1.72. The maximum Gasteiger partial charge on any atom is 0.101 e. The van der Waals surface area contributed by atoms with E-state index in [1.807, 2.05) is 38.1 Å². The largest absolute Gasteiger partial charge is 0.325 e. The smallest absolute Gasteiger partial charge is 0.101 e. The highest BCUT2D eigenvalue weighted by Gasteiger charge is 2.11. The van der Waals surface area contributed by atoms with E-state index in [9.17, 15) is 4.39 Å². The van der Waals surface area contributed by atoms with Gasteiger partial charge < -0.3 is 5.73 Å². The van der Waals surface area contributed by atoms with Gasteiger partial charge in [-0.2, -0.15) is 0 Å². The van der Waals surface area contributed by atoms with Gasteiger partial charge in [-0.3, -0.25) is 0 Å². The highest BCUT2D eigenvalue weighted by molar-refractivity contribution is 5.25. The van der Waals surface area contributed by atoms with Gasteiger partial charge in [0.05, 0.1) is 0 Å². The minimum atomic E-state index is -0.786. The first-order chi connectivity index (χ1) is 6.87. The Kier molecular flexibility index (Phi) is 3.86. The van der Waals surface area contributed by atoms with E-state index >= 15 is 0 Å². The molecule has 0 heterocycles. The quantitative estimate of drug-likeness (QED) is 0.810. The van der Waals surface area contributed by atoms with E-state index in [4.69, 9.17) is 5.73 Å². The molecule has 0 saturated heterocycles. The first-order valence-corrected chi connectivity index (χ1v) is 5.37. The zero-order valence-electron chi connectivity index (χ0n) is 9.76. The zero-order valence-corrected chi connectivity index (χ0v) is 9.76. The van der Waals surface area contributed by atoms with E-state index in [1.54, 1.807) is 6.92 Å². The molecule has 1 atom stereocenters. The highest BCUT2D eigenvalue weighted by atomic mass is 19.1. The van der Waals surface area contributed by atoms with E-state index in [-0.39, 0.29) is 5.54 Å². The molecule has 0 bridgehead atoms. The van der Waals surface area contributed by atoms with Crippen molar-refractivity contribution in [2.24, 2.45) is 5.73 Å². The molecule has 84 valence electrons. The minimum Gasteiger partial charge on any atom is -0.325 e. The molecule has 0 aliphatic carbocycles. The average molecular weight is 209 g/mol. The number of hydrogen-bond acceptors (Lipinski definition) is 1. The third-order valence-electron chi connectivity index (χ3n) is 2.17. The molecule has 0 amide bonds. The molecule has 0 saturated carbocycles. The highest BCUT2D eigenvalue weighted by Crippen LogP contribution is 2.13. The molecule has 0 fully saturated rings. The number of alkyl halides is 1. The van der Waals surface area contributed by atoms with Crippen molar-refractivity contribution >= 4 is 0 Å². The van der Waals surface area contributed by atoms with Gasteiger partial charge in [0.15, 0.2) is 0 Å². The summed E-state index contributed by atoms with van der Waals surface area (Å²) >= 11 is 0. The van der Waals surface area contributed by atoms with Crippen LogP contribution >= 0.6 is 0 Å². The molecule has 1 rings (SSSR count). The molecule has 1 aromatic carbocycles. The summed E-state index contributed by atoms with van der Waals surface area (Å²) in [5, 5.41) is 0. The first kappa shape index (κ1) is 12.2. The van der Waals surface area contributed by atoms with Crippen molar-refractivity contribution in [2.75, 3.05) is 0 Å². The van der Waals surface area contributed by atoms with Crippen LogP contribution in [0.2, 0.25) is 0 Å². The van der Waals surface area contributed by atoms with Crippen LogP contribution in [0.4, 0.5) is 4.39 Å². The second-order valence-electron chi connectivity index (χ2n) is 4.97. The summed E-state index contributed by atoms with van der Waals surface area (Å²) in [6, 6.07) is 8.02. The lowest BCUT2D eigenvalue weighted by Gasteiger charge is -2.18. The van der Waals surface area contributed by atoms with Crippen LogP contribution in [0, 0.1) is 0 Å². The van der Waals surface area contributed by atoms with Crippen molar-refractivity contribution in [3.63, 3.8) is 0 Å². The van der Waals surface area contributed by atoms with Gasteiger partial charge in [-0.05, 0) is 38.3 Å². The molecule has 2 heteroatoms. The van der Waals surface area contributed by atoms with Crippen LogP contribution in [0.5, 0.6) is 0 Å². The maximum absolute atomic E-state index is 12.8. The molecule has 0 aliphatic rings. The van der Waals surface area contributed by atoms with Gasteiger partial charge in [-0.1, -0.05) is 24.3 Å². The van der Waals surface area contributed by atoms with Gasteiger partial charge >= 0.3 is 0 Å². The average Bonchev–Trinajstić information content (AvgIpc) is 1.99. The van der Waals surface area contributed by atoms with Crippen LogP contribution in [0.3, 0.4) is 0 Å². The van der Waals surface area contributed by atoms with E-state index in [1.165, 1.54) is 5.56 Å². The predicted octanol–water partition coefficient (Wildman–Crippen LogP) is 2.87. The Morgan fingerprint density at radius 2 is 1.93 bits per heavy atom. The first-order valence-electron chi connectivity index (χ1n) is 5.37. The van der Waals surface area contributed by atoms with Gasteiger partial charge in [0.2, 0.25) is 0 Å². The van der Waals surface area contributed by atoms with Gasteiger partial charge in [-0.25, -0.2) is 4.39 Å². The van der Waals surface area contributed by atoms with Crippen LogP contribution in [-0.4, -0.2) is 11.7 Å². The molecular weight excluding hydrogens is 189 g/mol. The molecule has 0 aliphatic heterocycles. The van der Waals surface area contributed by atoms with Crippen molar-refractivity contribution in [3.05, 3.63) is 35.4 Å². The van der Waals surface area contributed by atoms with Gasteiger partial charge in [0.1, 0.15) is 6.17 Å². The zero-order chi connectivity index (χ0) is 11.5. The van der Waals surface area contributed by atoms with Gasteiger partial charge in [0, 0.05) is 12.0 Å². The van der Waals surface area contributed by atoms with Crippen LogP contribution in [-0.2, 0) is 12.8 Å². The summed E-state index contributed by atoms with van der Waals surface area (Å²) in [5.41, 5.74) is 7.97. The Morgan fingerprint density at radius 1 is 1.33 bits per heavy atom. The van der Waals surface area contributed by atoms with Gasteiger partial charge in [0.25, 0.3) is 0 Å². The van der Waals surface area contributed by atoms with E-state index in [2.05, 4.69) is 0 Å².